The number of carbonyl (C=O) groups is 1. The summed E-state index contributed by atoms with van der Waals surface area (Å²) >= 11 is 1.39. The van der Waals surface area contributed by atoms with Gasteiger partial charge in [-0.2, -0.15) is 0 Å². The maximum Gasteiger partial charge on any atom is 0.256 e. The van der Waals surface area contributed by atoms with Gasteiger partial charge in [0.05, 0.1) is 21.8 Å². The van der Waals surface area contributed by atoms with Crippen molar-refractivity contribution in [1.29, 1.82) is 0 Å². The minimum absolute atomic E-state index is 0.000135. The predicted octanol–water partition coefficient (Wildman–Crippen LogP) is 5.31. The number of thiazole rings is 1. The molecule has 1 saturated carbocycles. The Morgan fingerprint density at radius 3 is 2.73 bits per heavy atom. The maximum absolute atomic E-state index is 13.9. The highest BCUT2D eigenvalue weighted by molar-refractivity contribution is 7.22. The molecule has 1 amide bonds. The summed E-state index contributed by atoms with van der Waals surface area (Å²) in [5, 5.41) is 6.90. The Kier molecular flexibility index (Phi) is 5.78. The second kappa shape index (κ2) is 9.03. The van der Waals surface area contributed by atoms with Gasteiger partial charge >= 0.3 is 0 Å². The van der Waals surface area contributed by atoms with Crippen molar-refractivity contribution in [1.82, 2.24) is 20.3 Å². The zero-order valence-corrected chi connectivity index (χ0v) is 18.2. The first-order valence-electron chi connectivity index (χ1n) is 10.5. The minimum atomic E-state index is -0.514. The van der Waals surface area contributed by atoms with E-state index in [2.05, 4.69) is 25.6 Å². The second-order valence-electron chi connectivity index (χ2n) is 7.68. The quantitative estimate of drug-likeness (QED) is 0.419. The maximum atomic E-state index is 13.9. The van der Waals surface area contributed by atoms with Gasteiger partial charge in [0.25, 0.3) is 5.91 Å². The highest BCUT2D eigenvalue weighted by Gasteiger charge is 2.23. The Balaban J connectivity index is 1.34. The van der Waals surface area contributed by atoms with Gasteiger partial charge in [-0.1, -0.05) is 11.3 Å². The Labute approximate surface area is 192 Å². The van der Waals surface area contributed by atoms with Gasteiger partial charge in [0.15, 0.2) is 11.0 Å². The number of nitrogens with zero attached hydrogens (tertiary/aromatic N) is 3. The standard InChI is InChI=1S/C24H19F2N5OS/c25-15-5-7-17(22-27-9-2-10-28-22)18(11-15)23(32)29-13-14-3-1-4-19(14)30-24-31-20-8-6-16(26)12-21(20)33-24/h2,5-13,19H,1,3-4H2,(H,29,32)(H,30,31). The van der Waals surface area contributed by atoms with Crippen LogP contribution in [0.25, 0.3) is 21.6 Å². The smallest absolute Gasteiger partial charge is 0.256 e. The number of hydrogen-bond acceptors (Lipinski definition) is 6. The fraction of sp³-hybridized carbons (Fsp3) is 0.167. The normalized spacial score (nSPS) is 16.9. The lowest BCUT2D eigenvalue weighted by atomic mass is 10.1. The van der Waals surface area contributed by atoms with Gasteiger partial charge in [0, 0.05) is 24.2 Å². The summed E-state index contributed by atoms with van der Waals surface area (Å²) in [5.41, 5.74) is 2.37. The zero-order chi connectivity index (χ0) is 22.8. The number of hydrogen-bond donors (Lipinski definition) is 2. The number of rotatable bonds is 5. The van der Waals surface area contributed by atoms with Crippen LogP contribution in [0.4, 0.5) is 13.9 Å². The number of nitrogens with one attached hydrogen (secondary N) is 2. The van der Waals surface area contributed by atoms with Gasteiger partial charge < -0.3 is 10.6 Å². The molecule has 1 atom stereocenters. The van der Waals surface area contributed by atoms with E-state index < -0.39 is 11.7 Å². The number of aromatic nitrogens is 3. The zero-order valence-electron chi connectivity index (χ0n) is 17.4. The molecule has 4 aromatic rings. The summed E-state index contributed by atoms with van der Waals surface area (Å²) in [6.07, 6.45) is 7.48. The molecule has 9 heteroatoms. The summed E-state index contributed by atoms with van der Waals surface area (Å²) in [6, 6.07) is 10.2. The van der Waals surface area contributed by atoms with Gasteiger partial charge in [-0.3, -0.25) is 4.79 Å². The lowest BCUT2D eigenvalue weighted by molar-refractivity contribution is 0.0970. The van der Waals surface area contributed by atoms with Crippen LogP contribution < -0.4 is 10.6 Å². The molecule has 0 aliphatic heterocycles. The summed E-state index contributed by atoms with van der Waals surface area (Å²) in [6.45, 7) is 0. The molecule has 2 N–H and O–H groups in total. The highest BCUT2D eigenvalue weighted by atomic mass is 32.1. The van der Waals surface area contributed by atoms with Crippen molar-refractivity contribution in [3.8, 4) is 11.4 Å². The largest absolute Gasteiger partial charge is 0.355 e. The van der Waals surface area contributed by atoms with Gasteiger partial charge in [0.1, 0.15) is 11.6 Å². The number of fused-ring (bicyclic) bond motifs is 1. The van der Waals surface area contributed by atoms with Crippen molar-refractivity contribution >= 4 is 32.6 Å². The van der Waals surface area contributed by atoms with Crippen LogP contribution in [-0.2, 0) is 0 Å². The molecule has 0 spiro atoms. The van der Waals surface area contributed by atoms with E-state index in [1.807, 2.05) is 0 Å². The molecule has 2 aromatic carbocycles. The Morgan fingerprint density at radius 2 is 1.88 bits per heavy atom. The number of halogens is 2. The van der Waals surface area contributed by atoms with Crippen LogP contribution >= 0.6 is 11.3 Å². The molecule has 2 aromatic heterocycles. The van der Waals surface area contributed by atoms with E-state index in [0.29, 0.717) is 16.5 Å². The summed E-state index contributed by atoms with van der Waals surface area (Å²) in [7, 11) is 0. The number of carbonyl (C=O) groups excluding carboxylic acids is 1. The Morgan fingerprint density at radius 1 is 1.09 bits per heavy atom. The molecular formula is C24H19F2N5OS. The van der Waals surface area contributed by atoms with Gasteiger partial charge in [-0.15, -0.1) is 0 Å². The van der Waals surface area contributed by atoms with Gasteiger partial charge in [-0.25, -0.2) is 23.7 Å². The van der Waals surface area contributed by atoms with E-state index in [4.69, 9.17) is 0 Å². The molecule has 2 heterocycles. The molecule has 33 heavy (non-hydrogen) atoms. The second-order valence-corrected chi connectivity index (χ2v) is 8.71. The van der Waals surface area contributed by atoms with E-state index in [9.17, 15) is 13.6 Å². The molecule has 6 nitrogen and oxygen atoms in total. The minimum Gasteiger partial charge on any atom is -0.355 e. The van der Waals surface area contributed by atoms with Gasteiger partial charge in [0.2, 0.25) is 0 Å². The van der Waals surface area contributed by atoms with Crippen LogP contribution in [0.1, 0.15) is 29.6 Å². The number of anilines is 1. The summed E-state index contributed by atoms with van der Waals surface area (Å²) < 4.78 is 28.1. The van der Waals surface area contributed by atoms with Crippen LogP contribution in [-0.4, -0.2) is 26.9 Å². The molecule has 0 radical (unpaired) electrons. The summed E-state index contributed by atoms with van der Waals surface area (Å²) in [5.74, 6) is -0.895. The van der Waals surface area contributed by atoms with E-state index >= 15 is 0 Å². The van der Waals surface area contributed by atoms with Crippen molar-refractivity contribution in [3.05, 3.63) is 83.8 Å². The third-order valence-corrected chi connectivity index (χ3v) is 6.42. The van der Waals surface area contributed by atoms with Crippen LogP contribution in [0.3, 0.4) is 0 Å². The third-order valence-electron chi connectivity index (χ3n) is 5.48. The fourth-order valence-corrected chi connectivity index (χ4v) is 4.83. The number of benzene rings is 2. The van der Waals surface area contributed by atoms with Crippen LogP contribution in [0.5, 0.6) is 0 Å². The molecule has 0 bridgehead atoms. The van der Waals surface area contributed by atoms with Crippen LogP contribution in [0.2, 0.25) is 0 Å². The van der Waals surface area contributed by atoms with Crippen molar-refractivity contribution in [2.24, 2.45) is 0 Å². The Hall–Kier alpha value is -3.72. The lowest BCUT2D eigenvalue weighted by Gasteiger charge is -2.14. The SMILES string of the molecule is O=C(NC=C1CCCC1Nc1nc2ccc(F)cc2s1)c1cc(F)ccc1-c1ncccn1. The fourth-order valence-electron chi connectivity index (χ4n) is 3.89. The van der Waals surface area contributed by atoms with E-state index in [-0.39, 0.29) is 17.4 Å². The molecule has 1 unspecified atom stereocenters. The van der Waals surface area contributed by atoms with Crippen molar-refractivity contribution in [2.75, 3.05) is 5.32 Å². The van der Waals surface area contributed by atoms with Crippen molar-refractivity contribution in [3.63, 3.8) is 0 Å². The van der Waals surface area contributed by atoms with Crippen LogP contribution in [0, 0.1) is 11.6 Å². The van der Waals surface area contributed by atoms with E-state index in [0.717, 1.165) is 35.1 Å². The number of amides is 1. The predicted molar refractivity (Wildman–Crippen MR) is 124 cm³/mol. The Bertz CT molecular complexity index is 1360. The van der Waals surface area contributed by atoms with Crippen molar-refractivity contribution in [2.45, 2.75) is 25.3 Å². The molecule has 0 saturated heterocycles. The molecule has 166 valence electrons. The highest BCUT2D eigenvalue weighted by Crippen LogP contribution is 2.32. The average Bonchev–Trinajstić information content (AvgIpc) is 3.43. The van der Waals surface area contributed by atoms with E-state index in [1.165, 1.54) is 41.7 Å². The van der Waals surface area contributed by atoms with Crippen LogP contribution in [0.15, 0.2) is 66.6 Å². The first-order chi connectivity index (χ1) is 16.1. The molecule has 1 aliphatic carbocycles. The lowest BCUT2D eigenvalue weighted by Crippen LogP contribution is -2.23. The molecule has 5 rings (SSSR count). The first kappa shape index (κ1) is 21.1. The monoisotopic (exact) mass is 463 g/mol. The van der Waals surface area contributed by atoms with E-state index in [1.54, 1.807) is 30.7 Å². The summed E-state index contributed by atoms with van der Waals surface area (Å²) in [4.78, 5) is 25.8. The third kappa shape index (κ3) is 4.58. The first-order valence-corrected chi connectivity index (χ1v) is 11.3. The average molecular weight is 464 g/mol. The molecular weight excluding hydrogens is 444 g/mol. The topological polar surface area (TPSA) is 79.8 Å². The molecule has 1 aliphatic rings. The van der Waals surface area contributed by atoms with Gasteiger partial charge in [-0.05, 0) is 67.3 Å². The van der Waals surface area contributed by atoms with Crippen molar-refractivity contribution < 1.29 is 13.6 Å². The molecule has 1 fully saturated rings.